The van der Waals surface area contributed by atoms with Gasteiger partial charge in [-0.25, -0.2) is 0 Å². The lowest BCUT2D eigenvalue weighted by molar-refractivity contribution is -0.137. The highest BCUT2D eigenvalue weighted by atomic mass is 19.4. The molecule has 2 fully saturated rings. The van der Waals surface area contributed by atoms with Crippen molar-refractivity contribution in [3.8, 4) is 0 Å². The van der Waals surface area contributed by atoms with Crippen LogP contribution in [0.4, 0.5) is 18.9 Å². The standard InChI is InChI=1S/C25H30F3N3O2/c26-25(27,28)20-8-4-9-21(16-20)29-23(33)18-30-15-12-24(22(32)17-30)11-5-13-31(24)14-10-19-6-2-1-3-7-19/h1-4,6-9,16,22,32H,5,10-15,17-18H2,(H,29,33)/t22-,24-/m0/s1. The second-order valence-corrected chi connectivity index (χ2v) is 9.06. The fraction of sp³-hybridized carbons (Fsp3) is 0.480. The van der Waals surface area contributed by atoms with Gasteiger partial charge in [0.1, 0.15) is 0 Å². The Hall–Kier alpha value is -2.42. The lowest BCUT2D eigenvalue weighted by Gasteiger charge is -2.48. The molecule has 2 aromatic carbocycles. The first-order valence-corrected chi connectivity index (χ1v) is 11.4. The van der Waals surface area contributed by atoms with E-state index >= 15 is 0 Å². The van der Waals surface area contributed by atoms with E-state index in [4.69, 9.17) is 0 Å². The average Bonchev–Trinajstić information content (AvgIpc) is 3.19. The summed E-state index contributed by atoms with van der Waals surface area (Å²) in [5.41, 5.74) is 0.333. The number of benzene rings is 2. The zero-order valence-corrected chi connectivity index (χ0v) is 18.5. The van der Waals surface area contributed by atoms with Gasteiger partial charge in [-0.15, -0.1) is 0 Å². The minimum Gasteiger partial charge on any atom is -0.390 e. The Balaban J connectivity index is 1.32. The monoisotopic (exact) mass is 461 g/mol. The molecular formula is C25H30F3N3O2. The first-order chi connectivity index (χ1) is 15.8. The van der Waals surface area contributed by atoms with E-state index in [0.717, 1.165) is 50.9 Å². The molecule has 2 heterocycles. The smallest absolute Gasteiger partial charge is 0.390 e. The number of β-amino-alcohol motifs (C(OH)–C–C–N with tert-alkyl or cyclic N) is 1. The molecule has 2 aliphatic heterocycles. The van der Waals surface area contributed by atoms with E-state index in [0.29, 0.717) is 13.1 Å². The number of nitrogens with one attached hydrogen (secondary N) is 1. The number of amides is 1. The van der Waals surface area contributed by atoms with Crippen molar-refractivity contribution in [3.63, 3.8) is 0 Å². The van der Waals surface area contributed by atoms with Crippen LogP contribution in [0.1, 0.15) is 30.4 Å². The predicted molar refractivity (Wildman–Crippen MR) is 121 cm³/mol. The van der Waals surface area contributed by atoms with E-state index in [1.54, 1.807) is 0 Å². The molecule has 2 N–H and O–H groups in total. The van der Waals surface area contributed by atoms with Gasteiger partial charge in [-0.1, -0.05) is 36.4 Å². The SMILES string of the molecule is O=C(CN1CC[C@@]2(CCCN2CCc2ccccc2)[C@@H](O)C1)Nc1cccc(C(F)(F)F)c1. The van der Waals surface area contributed by atoms with E-state index in [1.807, 2.05) is 23.1 Å². The minimum atomic E-state index is -4.46. The fourth-order valence-electron chi connectivity index (χ4n) is 5.21. The van der Waals surface area contributed by atoms with Crippen LogP contribution in [-0.2, 0) is 17.4 Å². The van der Waals surface area contributed by atoms with Crippen LogP contribution < -0.4 is 5.32 Å². The van der Waals surface area contributed by atoms with E-state index in [2.05, 4.69) is 22.3 Å². The summed E-state index contributed by atoms with van der Waals surface area (Å²) < 4.78 is 38.7. The van der Waals surface area contributed by atoms with Gasteiger partial charge in [-0.2, -0.15) is 13.2 Å². The van der Waals surface area contributed by atoms with E-state index in [1.165, 1.54) is 17.7 Å². The summed E-state index contributed by atoms with van der Waals surface area (Å²) in [7, 11) is 0. The molecule has 1 amide bonds. The van der Waals surface area contributed by atoms with Crippen LogP contribution in [0, 0.1) is 0 Å². The van der Waals surface area contributed by atoms with Gasteiger partial charge in [-0.3, -0.25) is 14.6 Å². The maximum atomic E-state index is 12.9. The number of aliphatic hydroxyl groups is 1. The van der Waals surface area contributed by atoms with Crippen LogP contribution in [0.15, 0.2) is 54.6 Å². The van der Waals surface area contributed by atoms with Gasteiger partial charge in [0, 0.05) is 30.9 Å². The van der Waals surface area contributed by atoms with Crippen LogP contribution in [-0.4, -0.2) is 65.2 Å². The van der Waals surface area contributed by atoms with E-state index < -0.39 is 17.8 Å². The number of nitrogens with zero attached hydrogens (tertiary/aromatic N) is 2. The number of hydrogen-bond acceptors (Lipinski definition) is 4. The zero-order valence-electron chi connectivity index (χ0n) is 18.5. The second kappa shape index (κ2) is 9.83. The number of rotatable bonds is 6. The van der Waals surface area contributed by atoms with E-state index in [-0.39, 0.29) is 23.7 Å². The molecule has 8 heteroatoms. The van der Waals surface area contributed by atoms with Gasteiger partial charge in [0.15, 0.2) is 0 Å². The molecule has 0 saturated carbocycles. The summed E-state index contributed by atoms with van der Waals surface area (Å²) in [4.78, 5) is 16.7. The van der Waals surface area contributed by atoms with Gasteiger partial charge < -0.3 is 10.4 Å². The summed E-state index contributed by atoms with van der Waals surface area (Å²) in [6, 6.07) is 14.9. The van der Waals surface area contributed by atoms with Gasteiger partial charge in [-0.05, 0) is 56.0 Å². The molecule has 2 saturated heterocycles. The summed E-state index contributed by atoms with van der Waals surface area (Å²) >= 11 is 0. The van der Waals surface area contributed by atoms with Crippen LogP contribution in [0.2, 0.25) is 0 Å². The number of alkyl halides is 3. The lowest BCUT2D eigenvalue weighted by atomic mass is 9.82. The van der Waals surface area contributed by atoms with Crippen molar-refractivity contribution in [2.75, 3.05) is 38.0 Å². The van der Waals surface area contributed by atoms with E-state index in [9.17, 15) is 23.1 Å². The van der Waals surface area contributed by atoms with Crippen molar-refractivity contribution >= 4 is 11.6 Å². The third-order valence-electron chi connectivity index (χ3n) is 6.93. The highest BCUT2D eigenvalue weighted by Crippen LogP contribution is 2.38. The summed E-state index contributed by atoms with van der Waals surface area (Å²) in [6.07, 6.45) is -1.36. The Labute approximate surface area is 192 Å². The topological polar surface area (TPSA) is 55.8 Å². The molecule has 0 bridgehead atoms. The maximum Gasteiger partial charge on any atom is 0.416 e. The number of carbonyl (C=O) groups excluding carboxylic acids is 1. The van der Waals surface area contributed by atoms with Crippen LogP contribution in [0.3, 0.4) is 0 Å². The molecule has 2 aromatic rings. The highest BCUT2D eigenvalue weighted by Gasteiger charge is 2.49. The van der Waals surface area contributed by atoms with Crippen LogP contribution in [0.25, 0.3) is 0 Å². The van der Waals surface area contributed by atoms with Crippen molar-refractivity contribution in [2.45, 2.75) is 43.5 Å². The summed E-state index contributed by atoms with van der Waals surface area (Å²) in [5, 5.41) is 13.6. The number of aliphatic hydroxyl groups excluding tert-OH is 1. The third-order valence-corrected chi connectivity index (χ3v) is 6.93. The Bertz CT molecular complexity index is 953. The van der Waals surface area contributed by atoms with Crippen molar-refractivity contribution in [2.24, 2.45) is 0 Å². The molecule has 2 aliphatic rings. The second-order valence-electron chi connectivity index (χ2n) is 9.06. The van der Waals surface area contributed by atoms with Crippen molar-refractivity contribution in [1.29, 1.82) is 0 Å². The maximum absolute atomic E-state index is 12.9. The highest BCUT2D eigenvalue weighted by molar-refractivity contribution is 5.92. The van der Waals surface area contributed by atoms with Gasteiger partial charge in [0.2, 0.25) is 5.91 Å². The lowest BCUT2D eigenvalue weighted by Crippen LogP contribution is -2.62. The summed E-state index contributed by atoms with van der Waals surface area (Å²) in [5.74, 6) is -0.384. The largest absolute Gasteiger partial charge is 0.416 e. The summed E-state index contributed by atoms with van der Waals surface area (Å²) in [6.45, 7) is 2.91. The molecule has 0 aliphatic carbocycles. The predicted octanol–water partition coefficient (Wildman–Crippen LogP) is 3.79. The molecule has 5 nitrogen and oxygen atoms in total. The van der Waals surface area contributed by atoms with Crippen molar-refractivity contribution in [3.05, 3.63) is 65.7 Å². The first kappa shape index (κ1) is 23.7. The number of hydrogen-bond donors (Lipinski definition) is 2. The molecular weight excluding hydrogens is 431 g/mol. The molecule has 0 unspecified atom stereocenters. The van der Waals surface area contributed by atoms with Crippen molar-refractivity contribution in [1.82, 2.24) is 9.80 Å². The van der Waals surface area contributed by atoms with Crippen LogP contribution in [0.5, 0.6) is 0 Å². The first-order valence-electron chi connectivity index (χ1n) is 11.4. The number of carbonyl (C=O) groups is 1. The molecule has 4 rings (SSSR count). The molecule has 2 atom stereocenters. The fourth-order valence-corrected chi connectivity index (χ4v) is 5.21. The molecule has 0 radical (unpaired) electrons. The quantitative estimate of drug-likeness (QED) is 0.688. The Morgan fingerprint density at radius 1 is 1.09 bits per heavy atom. The zero-order chi connectivity index (χ0) is 23.5. The van der Waals surface area contributed by atoms with Crippen molar-refractivity contribution < 1.29 is 23.1 Å². The number of halogens is 3. The Morgan fingerprint density at radius 3 is 2.61 bits per heavy atom. The average molecular weight is 462 g/mol. The molecule has 178 valence electrons. The van der Waals surface area contributed by atoms with Crippen LogP contribution >= 0.6 is 0 Å². The van der Waals surface area contributed by atoms with Gasteiger partial charge in [0.05, 0.1) is 18.2 Å². The number of anilines is 1. The Kier molecular flexibility index (Phi) is 7.07. The normalized spacial score (nSPS) is 24.3. The minimum absolute atomic E-state index is 0.0351. The molecule has 0 aromatic heterocycles. The molecule has 1 spiro atoms. The van der Waals surface area contributed by atoms with Gasteiger partial charge >= 0.3 is 6.18 Å². The number of likely N-dealkylation sites (tertiary alicyclic amines) is 2. The Morgan fingerprint density at radius 2 is 1.88 bits per heavy atom. The van der Waals surface area contributed by atoms with Gasteiger partial charge in [0.25, 0.3) is 0 Å². The number of piperidine rings is 1. The molecule has 33 heavy (non-hydrogen) atoms. The third kappa shape index (κ3) is 5.57.